The molecule has 0 saturated heterocycles. The van der Waals surface area contributed by atoms with Gasteiger partial charge in [-0.05, 0) is 43.2 Å². The smallest absolute Gasteiger partial charge is 0.258 e. The molecule has 8 heteroatoms. The molecule has 1 N–H and O–H groups in total. The number of aromatic nitrogens is 2. The zero-order chi connectivity index (χ0) is 22.9. The highest BCUT2D eigenvalue weighted by molar-refractivity contribution is 7.17. The fourth-order valence-corrected chi connectivity index (χ4v) is 4.97. The number of ether oxygens (including phenoxy) is 2. The minimum atomic E-state index is -0.297. The molecule has 0 aliphatic heterocycles. The molecule has 0 atom stereocenters. The van der Waals surface area contributed by atoms with Crippen LogP contribution in [-0.2, 0) is 6.42 Å². The van der Waals surface area contributed by atoms with E-state index in [9.17, 15) is 9.59 Å². The molecule has 33 heavy (non-hydrogen) atoms. The predicted molar refractivity (Wildman–Crippen MR) is 128 cm³/mol. The summed E-state index contributed by atoms with van der Waals surface area (Å²) in [6.07, 6.45) is 2.09. The molecule has 2 heterocycles. The number of ketones is 1. The number of nitrogens with zero attached hydrogens (tertiary/aromatic N) is 2. The number of carbonyl (C=O) groups excluding carboxylic acids is 2. The van der Waals surface area contributed by atoms with E-state index in [2.05, 4.69) is 10.3 Å². The van der Waals surface area contributed by atoms with Gasteiger partial charge < -0.3 is 9.47 Å². The lowest BCUT2D eigenvalue weighted by Crippen LogP contribution is -2.13. The zero-order valence-corrected chi connectivity index (χ0v) is 19.0. The second-order valence-corrected chi connectivity index (χ2v) is 8.67. The SMILES string of the molecule is COc1ccc(-c2cc(C(=O)Nc3nc4c(s3)C(=O)CCC4)c3ccccc3n2)cc1OC. The number of hydrogen-bond donors (Lipinski definition) is 1. The predicted octanol–water partition coefficient (Wildman–Crippen LogP) is 5.15. The Morgan fingerprint density at radius 3 is 2.61 bits per heavy atom. The molecule has 1 aliphatic rings. The Morgan fingerprint density at radius 1 is 1.00 bits per heavy atom. The summed E-state index contributed by atoms with van der Waals surface area (Å²) in [6.45, 7) is 0. The van der Waals surface area contributed by atoms with Crippen LogP contribution < -0.4 is 14.8 Å². The number of methoxy groups -OCH3 is 2. The summed E-state index contributed by atoms with van der Waals surface area (Å²) in [7, 11) is 3.16. The summed E-state index contributed by atoms with van der Waals surface area (Å²) < 4.78 is 10.8. The van der Waals surface area contributed by atoms with Crippen LogP contribution in [0.4, 0.5) is 5.13 Å². The molecular formula is C25H21N3O4S. The van der Waals surface area contributed by atoms with Crippen molar-refractivity contribution >= 4 is 39.1 Å². The Balaban J connectivity index is 1.55. The van der Waals surface area contributed by atoms with Gasteiger partial charge in [0.05, 0.1) is 41.6 Å². The number of fused-ring (bicyclic) bond motifs is 2. The van der Waals surface area contributed by atoms with Crippen LogP contribution in [0.5, 0.6) is 11.5 Å². The highest BCUT2D eigenvalue weighted by Gasteiger charge is 2.23. The third-order valence-corrected chi connectivity index (χ3v) is 6.68. The van der Waals surface area contributed by atoms with Crippen LogP contribution in [0.25, 0.3) is 22.2 Å². The van der Waals surface area contributed by atoms with Gasteiger partial charge in [0.15, 0.2) is 22.4 Å². The van der Waals surface area contributed by atoms with Gasteiger partial charge in [0.1, 0.15) is 0 Å². The van der Waals surface area contributed by atoms with Crippen LogP contribution in [0.2, 0.25) is 0 Å². The molecule has 2 aromatic carbocycles. The molecule has 166 valence electrons. The molecule has 5 rings (SSSR count). The lowest BCUT2D eigenvalue weighted by Gasteiger charge is -2.12. The monoisotopic (exact) mass is 459 g/mol. The summed E-state index contributed by atoms with van der Waals surface area (Å²) in [5, 5.41) is 4.06. The van der Waals surface area contributed by atoms with Gasteiger partial charge in [-0.15, -0.1) is 0 Å². The zero-order valence-electron chi connectivity index (χ0n) is 18.2. The van der Waals surface area contributed by atoms with E-state index in [1.54, 1.807) is 20.3 Å². The van der Waals surface area contributed by atoms with E-state index in [0.29, 0.717) is 44.7 Å². The molecular weight excluding hydrogens is 438 g/mol. The summed E-state index contributed by atoms with van der Waals surface area (Å²) in [6, 6.07) is 14.8. The largest absolute Gasteiger partial charge is 0.493 e. The molecule has 1 aliphatic carbocycles. The van der Waals surface area contributed by atoms with E-state index in [0.717, 1.165) is 29.5 Å². The Morgan fingerprint density at radius 2 is 1.82 bits per heavy atom. The van der Waals surface area contributed by atoms with Crippen molar-refractivity contribution in [2.24, 2.45) is 0 Å². The lowest BCUT2D eigenvalue weighted by molar-refractivity contribution is 0.0975. The number of carbonyl (C=O) groups is 2. The number of thiazole rings is 1. The third kappa shape index (κ3) is 3.93. The van der Waals surface area contributed by atoms with Crippen LogP contribution in [0, 0.1) is 0 Å². The Kier molecular flexibility index (Phi) is 5.51. The van der Waals surface area contributed by atoms with Crippen LogP contribution in [0.1, 0.15) is 38.6 Å². The Hall–Kier alpha value is -3.78. The number of para-hydroxylation sites is 1. The topological polar surface area (TPSA) is 90.4 Å². The molecule has 4 aromatic rings. The first-order valence-electron chi connectivity index (χ1n) is 10.5. The number of aryl methyl sites for hydroxylation is 1. The van der Waals surface area contributed by atoms with E-state index in [1.807, 2.05) is 42.5 Å². The highest BCUT2D eigenvalue weighted by atomic mass is 32.1. The lowest BCUT2D eigenvalue weighted by atomic mass is 10.0. The van der Waals surface area contributed by atoms with Crippen molar-refractivity contribution in [2.45, 2.75) is 19.3 Å². The summed E-state index contributed by atoms with van der Waals surface area (Å²) >= 11 is 1.24. The highest BCUT2D eigenvalue weighted by Crippen LogP contribution is 2.34. The van der Waals surface area contributed by atoms with E-state index >= 15 is 0 Å². The van der Waals surface area contributed by atoms with E-state index in [1.165, 1.54) is 11.3 Å². The molecule has 2 aromatic heterocycles. The Bertz CT molecular complexity index is 1400. The Labute approximate surface area is 194 Å². The van der Waals surface area contributed by atoms with Crippen molar-refractivity contribution in [1.82, 2.24) is 9.97 Å². The van der Waals surface area contributed by atoms with E-state index in [4.69, 9.17) is 14.5 Å². The number of pyridine rings is 1. The molecule has 0 saturated carbocycles. The van der Waals surface area contributed by atoms with Crippen molar-refractivity contribution in [3.05, 3.63) is 64.7 Å². The van der Waals surface area contributed by atoms with Crippen molar-refractivity contribution < 1.29 is 19.1 Å². The van der Waals surface area contributed by atoms with Gasteiger partial charge in [-0.2, -0.15) is 0 Å². The van der Waals surface area contributed by atoms with Gasteiger partial charge >= 0.3 is 0 Å². The van der Waals surface area contributed by atoms with Gasteiger partial charge in [-0.25, -0.2) is 9.97 Å². The van der Waals surface area contributed by atoms with Crippen LogP contribution in [-0.4, -0.2) is 35.9 Å². The maximum absolute atomic E-state index is 13.3. The number of benzene rings is 2. The molecule has 0 spiro atoms. The number of amides is 1. The number of hydrogen-bond acceptors (Lipinski definition) is 7. The summed E-state index contributed by atoms with van der Waals surface area (Å²) in [5.41, 5.74) is 3.38. The fourth-order valence-electron chi connectivity index (χ4n) is 3.99. The van der Waals surface area contributed by atoms with Gasteiger partial charge in [0.25, 0.3) is 5.91 Å². The summed E-state index contributed by atoms with van der Waals surface area (Å²) in [4.78, 5) is 35.4. The van der Waals surface area contributed by atoms with Gasteiger partial charge in [-0.3, -0.25) is 14.9 Å². The number of anilines is 1. The molecule has 7 nitrogen and oxygen atoms in total. The minimum absolute atomic E-state index is 0.0966. The molecule has 0 unspecified atom stereocenters. The van der Waals surface area contributed by atoms with Crippen LogP contribution in [0.3, 0.4) is 0 Å². The molecule has 0 fully saturated rings. The molecule has 1 amide bonds. The quantitative estimate of drug-likeness (QED) is 0.444. The van der Waals surface area contributed by atoms with Crippen molar-refractivity contribution in [3.63, 3.8) is 0 Å². The van der Waals surface area contributed by atoms with Crippen molar-refractivity contribution in [1.29, 1.82) is 0 Å². The second-order valence-electron chi connectivity index (χ2n) is 7.67. The third-order valence-electron chi connectivity index (χ3n) is 5.63. The number of Topliss-reactive ketones (excluding diaryl/α,β-unsaturated/α-hetero) is 1. The van der Waals surface area contributed by atoms with Crippen molar-refractivity contribution in [2.75, 3.05) is 19.5 Å². The first-order valence-corrected chi connectivity index (χ1v) is 11.4. The molecule has 0 bridgehead atoms. The molecule has 0 radical (unpaired) electrons. The van der Waals surface area contributed by atoms with E-state index in [-0.39, 0.29) is 11.7 Å². The second kappa shape index (κ2) is 8.63. The number of rotatable bonds is 5. The van der Waals surface area contributed by atoms with Crippen LogP contribution >= 0.6 is 11.3 Å². The average molecular weight is 460 g/mol. The number of nitrogens with one attached hydrogen (secondary N) is 1. The summed E-state index contributed by atoms with van der Waals surface area (Å²) in [5.74, 6) is 0.990. The van der Waals surface area contributed by atoms with Gasteiger partial charge in [0.2, 0.25) is 0 Å². The standard InChI is InChI=1S/C25H21N3O4S/c1-31-21-11-10-14(12-22(21)32-2)19-13-16(15-6-3-4-7-17(15)26-19)24(30)28-25-27-18-8-5-9-20(29)23(18)33-25/h3-4,6-7,10-13H,5,8-9H2,1-2H3,(H,27,28,30). The van der Waals surface area contributed by atoms with Gasteiger partial charge in [-0.1, -0.05) is 29.5 Å². The van der Waals surface area contributed by atoms with Crippen LogP contribution in [0.15, 0.2) is 48.5 Å². The first kappa shape index (κ1) is 21.1. The maximum atomic E-state index is 13.3. The normalized spacial score (nSPS) is 13.0. The maximum Gasteiger partial charge on any atom is 0.258 e. The van der Waals surface area contributed by atoms with Crippen molar-refractivity contribution in [3.8, 4) is 22.8 Å². The fraction of sp³-hybridized carbons (Fsp3) is 0.200. The average Bonchev–Trinajstić information content (AvgIpc) is 3.26. The van der Waals surface area contributed by atoms with Gasteiger partial charge in [0, 0.05) is 17.4 Å². The van der Waals surface area contributed by atoms with E-state index < -0.39 is 0 Å². The first-order chi connectivity index (χ1) is 16.1. The minimum Gasteiger partial charge on any atom is -0.493 e.